The minimum Gasteiger partial charge on any atom is -0.144 e. The number of hydrogen-bond donors (Lipinski definition) is 0. The highest BCUT2D eigenvalue weighted by Crippen LogP contribution is 2.29. The van der Waals surface area contributed by atoms with Gasteiger partial charge in [0, 0.05) is 14.6 Å². The van der Waals surface area contributed by atoms with Crippen LogP contribution in [0, 0.1) is 0 Å². The second-order valence-corrected chi connectivity index (χ2v) is 6.01. The van der Waals surface area contributed by atoms with Crippen LogP contribution in [0.3, 0.4) is 0 Å². The summed E-state index contributed by atoms with van der Waals surface area (Å²) in [5.41, 5.74) is 1.29. The Hall–Kier alpha value is -1.64. The van der Waals surface area contributed by atoms with Crippen LogP contribution in [0.1, 0.15) is 9.75 Å². The van der Waals surface area contributed by atoms with E-state index in [0.29, 0.717) is 0 Å². The zero-order valence-electron chi connectivity index (χ0n) is 9.74. The zero-order valence-corrected chi connectivity index (χ0v) is 11.4. The minimum atomic E-state index is 1.29. The molecule has 0 bridgehead atoms. The van der Waals surface area contributed by atoms with Crippen molar-refractivity contribution in [2.45, 2.75) is 0 Å². The average Bonchev–Trinajstić information content (AvgIpc) is 3.09. The Bertz CT molecular complexity index is 631. The van der Waals surface area contributed by atoms with Crippen LogP contribution in [0.15, 0.2) is 60.0 Å². The molecular formula is C16H12S2. The van der Waals surface area contributed by atoms with Gasteiger partial charge in [0.1, 0.15) is 0 Å². The van der Waals surface area contributed by atoms with Crippen LogP contribution in [0.5, 0.6) is 0 Å². The molecule has 0 unspecified atom stereocenters. The van der Waals surface area contributed by atoms with Crippen LogP contribution in [-0.2, 0) is 0 Å². The fraction of sp³-hybridized carbons (Fsp3) is 0. The summed E-state index contributed by atoms with van der Waals surface area (Å²) < 4.78 is 0. The lowest BCUT2D eigenvalue weighted by Crippen LogP contribution is -1.67. The Balaban J connectivity index is 1.82. The number of hydrogen-bond acceptors (Lipinski definition) is 2. The molecule has 0 saturated heterocycles. The third kappa shape index (κ3) is 2.61. The minimum absolute atomic E-state index is 1.29. The van der Waals surface area contributed by atoms with Crippen molar-refractivity contribution in [1.29, 1.82) is 0 Å². The summed E-state index contributed by atoms with van der Waals surface area (Å²) in [7, 11) is 0. The van der Waals surface area contributed by atoms with E-state index in [1.807, 2.05) is 11.3 Å². The van der Waals surface area contributed by atoms with Gasteiger partial charge in [0.2, 0.25) is 0 Å². The van der Waals surface area contributed by atoms with E-state index in [0.717, 1.165) is 0 Å². The maximum atomic E-state index is 2.19. The van der Waals surface area contributed by atoms with E-state index in [9.17, 15) is 0 Å². The molecule has 2 aromatic heterocycles. The molecule has 0 N–H and O–H groups in total. The largest absolute Gasteiger partial charge is 0.144 e. The number of rotatable bonds is 3. The van der Waals surface area contributed by atoms with Gasteiger partial charge in [-0.2, -0.15) is 0 Å². The first-order valence-electron chi connectivity index (χ1n) is 5.79. The molecule has 0 nitrogen and oxygen atoms in total. The molecule has 1 aromatic carbocycles. The maximum Gasteiger partial charge on any atom is 0.0349 e. The Morgan fingerprint density at radius 1 is 0.722 bits per heavy atom. The summed E-state index contributed by atoms with van der Waals surface area (Å²) in [5, 5.41) is 2.10. The first-order chi connectivity index (χ1) is 8.92. The van der Waals surface area contributed by atoms with Crippen LogP contribution in [0.2, 0.25) is 0 Å². The molecule has 0 aliphatic heterocycles. The second kappa shape index (κ2) is 5.34. The fourth-order valence-corrected chi connectivity index (χ4v) is 3.28. The molecule has 2 heterocycles. The molecule has 0 aliphatic rings. The van der Waals surface area contributed by atoms with Gasteiger partial charge in [-0.15, -0.1) is 22.7 Å². The van der Waals surface area contributed by atoms with Crippen molar-refractivity contribution in [1.82, 2.24) is 0 Å². The van der Waals surface area contributed by atoms with E-state index < -0.39 is 0 Å². The van der Waals surface area contributed by atoms with Gasteiger partial charge in [0.05, 0.1) is 0 Å². The maximum absolute atomic E-state index is 2.19. The van der Waals surface area contributed by atoms with Gasteiger partial charge in [-0.25, -0.2) is 0 Å². The summed E-state index contributed by atoms with van der Waals surface area (Å²) in [6, 6.07) is 19.1. The van der Waals surface area contributed by atoms with E-state index in [-0.39, 0.29) is 0 Å². The lowest BCUT2D eigenvalue weighted by atomic mass is 10.2. The van der Waals surface area contributed by atoms with Crippen LogP contribution < -0.4 is 0 Å². The molecule has 0 aliphatic carbocycles. The van der Waals surface area contributed by atoms with Gasteiger partial charge < -0.3 is 0 Å². The van der Waals surface area contributed by atoms with Crippen LogP contribution in [0.4, 0.5) is 0 Å². The monoisotopic (exact) mass is 268 g/mol. The van der Waals surface area contributed by atoms with Crippen molar-refractivity contribution in [2.24, 2.45) is 0 Å². The predicted molar refractivity (Wildman–Crippen MR) is 83.0 cm³/mol. The van der Waals surface area contributed by atoms with E-state index in [1.165, 1.54) is 20.2 Å². The molecule has 0 amide bonds. The second-order valence-electron chi connectivity index (χ2n) is 3.92. The van der Waals surface area contributed by atoms with Crippen molar-refractivity contribution in [2.75, 3.05) is 0 Å². The number of benzene rings is 1. The summed E-state index contributed by atoms with van der Waals surface area (Å²) in [6.07, 6.45) is 4.36. The molecular weight excluding hydrogens is 256 g/mol. The van der Waals surface area contributed by atoms with Gasteiger partial charge in [-0.1, -0.05) is 36.4 Å². The van der Waals surface area contributed by atoms with E-state index in [1.54, 1.807) is 11.3 Å². The SMILES string of the molecule is C(=C\c1ccc(-c2ccccc2)s1)/c1cccs1. The fourth-order valence-electron chi connectivity index (χ4n) is 1.75. The van der Waals surface area contributed by atoms with Gasteiger partial charge in [-0.05, 0) is 41.3 Å². The molecule has 3 rings (SSSR count). The predicted octanol–water partition coefficient (Wildman–Crippen LogP) is 5.65. The molecule has 0 spiro atoms. The zero-order chi connectivity index (χ0) is 12.2. The molecule has 18 heavy (non-hydrogen) atoms. The molecule has 3 aromatic rings. The van der Waals surface area contributed by atoms with Crippen LogP contribution >= 0.6 is 22.7 Å². The van der Waals surface area contributed by atoms with Crippen molar-refractivity contribution in [3.63, 3.8) is 0 Å². The summed E-state index contributed by atoms with van der Waals surface area (Å²) in [6.45, 7) is 0. The van der Waals surface area contributed by atoms with Crippen molar-refractivity contribution in [3.05, 3.63) is 69.7 Å². The molecule has 2 heteroatoms. The van der Waals surface area contributed by atoms with Gasteiger partial charge >= 0.3 is 0 Å². The number of thiophene rings is 2. The Labute approximate surface area is 115 Å². The smallest absolute Gasteiger partial charge is 0.0349 e. The highest BCUT2D eigenvalue weighted by molar-refractivity contribution is 7.16. The van der Waals surface area contributed by atoms with Crippen LogP contribution in [0.25, 0.3) is 22.6 Å². The molecule has 0 radical (unpaired) electrons. The third-order valence-electron chi connectivity index (χ3n) is 2.64. The van der Waals surface area contributed by atoms with E-state index in [4.69, 9.17) is 0 Å². The standard InChI is InChI=1S/C16H12S2/c1-2-5-13(6-3-1)16-11-10-15(18-16)9-8-14-7-4-12-17-14/h1-12H/b9-8+. The Morgan fingerprint density at radius 3 is 2.33 bits per heavy atom. The summed E-state index contributed by atoms with van der Waals surface area (Å²) in [5.74, 6) is 0. The highest BCUT2D eigenvalue weighted by atomic mass is 32.1. The Morgan fingerprint density at radius 2 is 1.56 bits per heavy atom. The van der Waals surface area contributed by atoms with E-state index in [2.05, 4.69) is 72.1 Å². The van der Waals surface area contributed by atoms with Gasteiger partial charge in [0.25, 0.3) is 0 Å². The van der Waals surface area contributed by atoms with Gasteiger partial charge in [0.15, 0.2) is 0 Å². The topological polar surface area (TPSA) is 0 Å². The molecule has 88 valence electrons. The van der Waals surface area contributed by atoms with Crippen molar-refractivity contribution < 1.29 is 0 Å². The lowest BCUT2D eigenvalue weighted by molar-refractivity contribution is 1.70. The van der Waals surface area contributed by atoms with Crippen LogP contribution in [-0.4, -0.2) is 0 Å². The summed E-state index contributed by atoms with van der Waals surface area (Å²) in [4.78, 5) is 3.91. The highest BCUT2D eigenvalue weighted by Gasteiger charge is 1.99. The van der Waals surface area contributed by atoms with Crippen molar-refractivity contribution in [3.8, 4) is 10.4 Å². The molecule has 0 fully saturated rings. The van der Waals surface area contributed by atoms with E-state index >= 15 is 0 Å². The van der Waals surface area contributed by atoms with Gasteiger partial charge in [-0.3, -0.25) is 0 Å². The normalized spacial score (nSPS) is 11.1. The third-order valence-corrected chi connectivity index (χ3v) is 4.58. The first-order valence-corrected chi connectivity index (χ1v) is 7.48. The quantitative estimate of drug-likeness (QED) is 0.576. The Kier molecular flexibility index (Phi) is 3.40. The van der Waals surface area contributed by atoms with Crippen molar-refractivity contribution >= 4 is 34.8 Å². The molecule has 0 saturated carbocycles. The lowest BCUT2D eigenvalue weighted by Gasteiger charge is -1.94. The molecule has 0 atom stereocenters. The average molecular weight is 268 g/mol. The first kappa shape index (κ1) is 11.5. The summed E-state index contributed by atoms with van der Waals surface area (Å²) >= 11 is 3.59.